The Balaban J connectivity index is 2.01. The SMILES string of the molecule is COc1cccc(-c2c(C3CCCCC3)noc2N)c1. The molecule has 1 aliphatic carbocycles. The molecule has 2 aromatic rings. The van der Waals surface area contributed by atoms with Gasteiger partial charge in [-0.3, -0.25) is 0 Å². The molecule has 0 radical (unpaired) electrons. The van der Waals surface area contributed by atoms with Crippen LogP contribution in [-0.4, -0.2) is 12.3 Å². The second kappa shape index (κ2) is 5.57. The maximum absolute atomic E-state index is 6.00. The molecule has 1 aliphatic rings. The Morgan fingerprint density at radius 2 is 2.05 bits per heavy atom. The Hall–Kier alpha value is -1.97. The number of anilines is 1. The first kappa shape index (κ1) is 13.0. The van der Waals surface area contributed by atoms with Gasteiger partial charge in [0.1, 0.15) is 5.75 Å². The lowest BCUT2D eigenvalue weighted by Crippen LogP contribution is -2.06. The first-order valence-electron chi connectivity index (χ1n) is 7.19. The number of aromatic nitrogens is 1. The zero-order chi connectivity index (χ0) is 13.9. The molecule has 20 heavy (non-hydrogen) atoms. The molecule has 4 nitrogen and oxygen atoms in total. The van der Waals surface area contributed by atoms with Gasteiger partial charge in [0.15, 0.2) is 0 Å². The first-order chi connectivity index (χ1) is 9.79. The summed E-state index contributed by atoms with van der Waals surface area (Å²) in [5.74, 6) is 1.68. The van der Waals surface area contributed by atoms with Gasteiger partial charge in [0.25, 0.3) is 0 Å². The van der Waals surface area contributed by atoms with Gasteiger partial charge in [-0.1, -0.05) is 36.6 Å². The van der Waals surface area contributed by atoms with Crippen LogP contribution in [0.1, 0.15) is 43.7 Å². The molecule has 1 saturated carbocycles. The van der Waals surface area contributed by atoms with E-state index in [0.29, 0.717) is 11.8 Å². The highest BCUT2D eigenvalue weighted by molar-refractivity contribution is 5.76. The Kier molecular flexibility index (Phi) is 3.63. The van der Waals surface area contributed by atoms with Crippen LogP contribution in [0.15, 0.2) is 28.8 Å². The molecule has 0 amide bonds. The van der Waals surface area contributed by atoms with E-state index in [0.717, 1.165) is 22.6 Å². The van der Waals surface area contributed by atoms with E-state index in [2.05, 4.69) is 5.16 Å². The number of ether oxygens (including phenoxy) is 1. The minimum absolute atomic E-state index is 0.402. The molecular weight excluding hydrogens is 252 g/mol. The van der Waals surface area contributed by atoms with Crippen LogP contribution in [0.2, 0.25) is 0 Å². The molecule has 1 aromatic carbocycles. The quantitative estimate of drug-likeness (QED) is 0.918. The number of benzene rings is 1. The third-order valence-corrected chi connectivity index (χ3v) is 4.10. The fraction of sp³-hybridized carbons (Fsp3) is 0.438. The molecule has 1 aromatic heterocycles. The van der Waals surface area contributed by atoms with Crippen molar-refractivity contribution in [1.82, 2.24) is 5.16 Å². The summed E-state index contributed by atoms with van der Waals surface area (Å²) in [6, 6.07) is 7.89. The number of rotatable bonds is 3. The van der Waals surface area contributed by atoms with E-state index < -0.39 is 0 Å². The largest absolute Gasteiger partial charge is 0.497 e. The number of nitrogens with two attached hydrogens (primary N) is 1. The predicted molar refractivity (Wildman–Crippen MR) is 78.7 cm³/mol. The van der Waals surface area contributed by atoms with Gasteiger partial charge >= 0.3 is 0 Å². The molecule has 4 heteroatoms. The van der Waals surface area contributed by atoms with Crippen LogP contribution < -0.4 is 10.5 Å². The van der Waals surface area contributed by atoms with Gasteiger partial charge in [0.2, 0.25) is 5.88 Å². The Labute approximate surface area is 118 Å². The molecular formula is C16H20N2O2. The summed E-state index contributed by atoms with van der Waals surface area (Å²) in [4.78, 5) is 0. The van der Waals surface area contributed by atoms with Crippen LogP contribution >= 0.6 is 0 Å². The monoisotopic (exact) mass is 272 g/mol. The van der Waals surface area contributed by atoms with Gasteiger partial charge in [0, 0.05) is 5.92 Å². The zero-order valence-corrected chi connectivity index (χ0v) is 11.8. The van der Waals surface area contributed by atoms with E-state index in [1.165, 1.54) is 32.1 Å². The van der Waals surface area contributed by atoms with E-state index in [-0.39, 0.29) is 0 Å². The molecule has 0 bridgehead atoms. The van der Waals surface area contributed by atoms with Gasteiger partial charge in [-0.05, 0) is 30.5 Å². The lowest BCUT2D eigenvalue weighted by molar-refractivity contribution is 0.388. The standard InChI is InChI=1S/C16H20N2O2/c1-19-13-9-5-8-12(10-13)14-15(18-20-16(14)17)11-6-3-2-4-7-11/h5,8-11H,2-4,6-7,17H2,1H3. The number of hydrogen-bond donors (Lipinski definition) is 1. The third-order valence-electron chi connectivity index (χ3n) is 4.10. The molecule has 0 spiro atoms. The minimum Gasteiger partial charge on any atom is -0.497 e. The van der Waals surface area contributed by atoms with Crippen molar-refractivity contribution in [3.8, 4) is 16.9 Å². The van der Waals surface area contributed by atoms with Crippen LogP contribution in [0, 0.1) is 0 Å². The van der Waals surface area contributed by atoms with Gasteiger partial charge in [-0.25, -0.2) is 0 Å². The molecule has 0 aliphatic heterocycles. The molecule has 3 rings (SSSR count). The number of hydrogen-bond acceptors (Lipinski definition) is 4. The molecule has 1 heterocycles. The third kappa shape index (κ3) is 2.38. The Bertz CT molecular complexity index is 586. The summed E-state index contributed by atoms with van der Waals surface area (Å²) < 4.78 is 10.6. The summed E-state index contributed by atoms with van der Waals surface area (Å²) in [5, 5.41) is 4.23. The summed E-state index contributed by atoms with van der Waals surface area (Å²) in [5.41, 5.74) is 8.97. The summed E-state index contributed by atoms with van der Waals surface area (Å²) >= 11 is 0. The average Bonchev–Trinajstić information content (AvgIpc) is 2.90. The van der Waals surface area contributed by atoms with Gasteiger partial charge in [-0.15, -0.1) is 0 Å². The van der Waals surface area contributed by atoms with Crippen molar-refractivity contribution in [2.24, 2.45) is 0 Å². The first-order valence-corrected chi connectivity index (χ1v) is 7.19. The second-order valence-corrected chi connectivity index (χ2v) is 5.37. The molecule has 2 N–H and O–H groups in total. The van der Waals surface area contributed by atoms with Crippen molar-refractivity contribution in [3.63, 3.8) is 0 Å². The van der Waals surface area contributed by atoms with E-state index in [1.54, 1.807) is 7.11 Å². The molecule has 0 unspecified atom stereocenters. The zero-order valence-electron chi connectivity index (χ0n) is 11.8. The average molecular weight is 272 g/mol. The highest BCUT2D eigenvalue weighted by Gasteiger charge is 2.25. The van der Waals surface area contributed by atoms with Crippen molar-refractivity contribution in [2.75, 3.05) is 12.8 Å². The van der Waals surface area contributed by atoms with E-state index in [9.17, 15) is 0 Å². The van der Waals surface area contributed by atoms with Crippen LogP contribution in [0.4, 0.5) is 5.88 Å². The van der Waals surface area contributed by atoms with E-state index >= 15 is 0 Å². The Morgan fingerprint density at radius 1 is 1.25 bits per heavy atom. The van der Waals surface area contributed by atoms with E-state index in [1.807, 2.05) is 24.3 Å². The van der Waals surface area contributed by atoms with Gasteiger partial charge in [-0.2, -0.15) is 0 Å². The number of nitrogens with zero attached hydrogens (tertiary/aromatic N) is 1. The smallest absolute Gasteiger partial charge is 0.230 e. The van der Waals surface area contributed by atoms with Gasteiger partial charge in [0.05, 0.1) is 18.4 Å². The summed E-state index contributed by atoms with van der Waals surface area (Å²) in [6.45, 7) is 0. The van der Waals surface area contributed by atoms with Crippen LogP contribution in [0.25, 0.3) is 11.1 Å². The van der Waals surface area contributed by atoms with Crippen molar-refractivity contribution in [2.45, 2.75) is 38.0 Å². The fourth-order valence-electron chi connectivity index (χ4n) is 3.04. The van der Waals surface area contributed by atoms with Gasteiger partial charge < -0.3 is 15.0 Å². The second-order valence-electron chi connectivity index (χ2n) is 5.37. The van der Waals surface area contributed by atoms with Crippen molar-refractivity contribution in [1.29, 1.82) is 0 Å². The summed E-state index contributed by atoms with van der Waals surface area (Å²) in [7, 11) is 1.66. The van der Waals surface area contributed by atoms with Crippen LogP contribution in [0.3, 0.4) is 0 Å². The normalized spacial score (nSPS) is 16.2. The van der Waals surface area contributed by atoms with Crippen LogP contribution in [0.5, 0.6) is 5.75 Å². The molecule has 0 saturated heterocycles. The maximum Gasteiger partial charge on any atom is 0.230 e. The van der Waals surface area contributed by atoms with Crippen molar-refractivity contribution >= 4 is 5.88 Å². The fourth-order valence-corrected chi connectivity index (χ4v) is 3.04. The maximum atomic E-state index is 6.00. The van der Waals surface area contributed by atoms with Crippen LogP contribution in [-0.2, 0) is 0 Å². The number of methoxy groups -OCH3 is 1. The molecule has 106 valence electrons. The van der Waals surface area contributed by atoms with Crippen molar-refractivity contribution < 1.29 is 9.26 Å². The lowest BCUT2D eigenvalue weighted by Gasteiger charge is -2.20. The van der Waals surface area contributed by atoms with Crippen molar-refractivity contribution in [3.05, 3.63) is 30.0 Å². The topological polar surface area (TPSA) is 61.3 Å². The Morgan fingerprint density at radius 3 is 2.80 bits per heavy atom. The minimum atomic E-state index is 0.402. The lowest BCUT2D eigenvalue weighted by atomic mass is 9.84. The number of nitrogen functional groups attached to an aromatic ring is 1. The predicted octanol–water partition coefficient (Wildman–Crippen LogP) is 3.98. The molecule has 1 fully saturated rings. The molecule has 0 atom stereocenters. The van der Waals surface area contributed by atoms with E-state index in [4.69, 9.17) is 15.0 Å². The highest BCUT2D eigenvalue weighted by atomic mass is 16.5. The highest BCUT2D eigenvalue weighted by Crippen LogP contribution is 2.40. The summed E-state index contributed by atoms with van der Waals surface area (Å²) in [6.07, 6.45) is 6.17.